The number of hydrazine groups is 1. The zero-order valence-corrected chi connectivity index (χ0v) is 11.6. The van der Waals surface area contributed by atoms with Gasteiger partial charge in [-0.3, -0.25) is 10.3 Å². The van der Waals surface area contributed by atoms with Crippen LogP contribution in [-0.4, -0.2) is 56.3 Å². The first kappa shape index (κ1) is 15.2. The van der Waals surface area contributed by atoms with Crippen LogP contribution in [0.5, 0.6) is 0 Å². The fourth-order valence-corrected chi connectivity index (χ4v) is 1.91. The van der Waals surface area contributed by atoms with Crippen LogP contribution in [0, 0.1) is 0 Å². The zero-order chi connectivity index (χ0) is 13.2. The molecule has 0 aromatic carbocycles. The summed E-state index contributed by atoms with van der Waals surface area (Å²) < 4.78 is 5.69. The van der Waals surface area contributed by atoms with Crippen molar-refractivity contribution in [2.24, 2.45) is 10.8 Å². The molecule has 1 heterocycles. The minimum absolute atomic E-state index is 0.176. The molecule has 0 aromatic heterocycles. The number of nitrogens with one attached hydrogen (secondary N) is 2. The lowest BCUT2D eigenvalue weighted by atomic mass is 10.3. The summed E-state index contributed by atoms with van der Waals surface area (Å²) in [4.78, 5) is 6.80. The molecule has 1 fully saturated rings. The number of morpholine rings is 1. The van der Waals surface area contributed by atoms with Crippen LogP contribution in [0.3, 0.4) is 0 Å². The SMILES string of the molecule is CCCCNC(=NCC1CN(CC)CCO1)NN. The van der Waals surface area contributed by atoms with Gasteiger partial charge in [0.1, 0.15) is 0 Å². The maximum Gasteiger partial charge on any atom is 0.205 e. The van der Waals surface area contributed by atoms with E-state index >= 15 is 0 Å². The minimum atomic E-state index is 0.176. The van der Waals surface area contributed by atoms with E-state index in [0.29, 0.717) is 12.5 Å². The largest absolute Gasteiger partial charge is 0.374 e. The van der Waals surface area contributed by atoms with Gasteiger partial charge >= 0.3 is 0 Å². The number of hydrogen-bond donors (Lipinski definition) is 3. The topological polar surface area (TPSA) is 74.9 Å². The average Bonchev–Trinajstić information content (AvgIpc) is 2.43. The Morgan fingerprint density at radius 2 is 2.33 bits per heavy atom. The Labute approximate surface area is 110 Å². The van der Waals surface area contributed by atoms with Crippen LogP contribution >= 0.6 is 0 Å². The maximum absolute atomic E-state index is 5.69. The van der Waals surface area contributed by atoms with Crippen LogP contribution in [0.25, 0.3) is 0 Å². The number of guanidine groups is 1. The number of rotatable bonds is 6. The fraction of sp³-hybridized carbons (Fsp3) is 0.917. The molecule has 6 nitrogen and oxygen atoms in total. The van der Waals surface area contributed by atoms with Crippen molar-refractivity contribution in [2.45, 2.75) is 32.8 Å². The molecule has 4 N–H and O–H groups in total. The molecule has 6 heteroatoms. The number of nitrogens with zero attached hydrogens (tertiary/aromatic N) is 2. The van der Waals surface area contributed by atoms with Gasteiger partial charge in [-0.15, -0.1) is 0 Å². The Kier molecular flexibility index (Phi) is 7.71. The Morgan fingerprint density at radius 3 is 3.00 bits per heavy atom. The molecule has 0 saturated carbocycles. The first-order chi connectivity index (χ1) is 8.80. The molecule has 0 radical (unpaired) electrons. The van der Waals surface area contributed by atoms with E-state index in [-0.39, 0.29) is 6.10 Å². The third kappa shape index (κ3) is 5.66. The van der Waals surface area contributed by atoms with E-state index in [0.717, 1.165) is 45.6 Å². The van der Waals surface area contributed by atoms with Gasteiger partial charge in [-0.1, -0.05) is 20.3 Å². The van der Waals surface area contributed by atoms with Crippen LogP contribution in [-0.2, 0) is 4.74 Å². The van der Waals surface area contributed by atoms with E-state index in [4.69, 9.17) is 10.6 Å². The van der Waals surface area contributed by atoms with Crippen LogP contribution in [0.4, 0.5) is 0 Å². The molecule has 0 spiro atoms. The molecule has 1 unspecified atom stereocenters. The highest BCUT2D eigenvalue weighted by atomic mass is 16.5. The summed E-state index contributed by atoms with van der Waals surface area (Å²) in [6.07, 6.45) is 2.45. The normalized spacial score (nSPS) is 21.9. The van der Waals surface area contributed by atoms with Crippen LogP contribution < -0.4 is 16.6 Å². The van der Waals surface area contributed by atoms with Gasteiger partial charge in [-0.2, -0.15) is 0 Å². The minimum Gasteiger partial charge on any atom is -0.374 e. The Balaban J connectivity index is 2.30. The highest BCUT2D eigenvalue weighted by Crippen LogP contribution is 2.04. The standard InChI is InChI=1S/C12H27N5O/c1-3-5-6-14-12(16-13)15-9-11-10-17(4-2)7-8-18-11/h11H,3-10,13H2,1-2H3,(H2,14,15,16). The van der Waals surface area contributed by atoms with Crippen LogP contribution in [0.2, 0.25) is 0 Å². The molecular weight excluding hydrogens is 230 g/mol. The van der Waals surface area contributed by atoms with Gasteiger partial charge in [0.15, 0.2) is 0 Å². The quantitative estimate of drug-likeness (QED) is 0.204. The molecule has 1 rings (SSSR count). The number of likely N-dealkylation sites (N-methyl/N-ethyl adjacent to an activating group) is 1. The molecule has 1 aliphatic heterocycles. The molecule has 0 aromatic rings. The van der Waals surface area contributed by atoms with Gasteiger partial charge in [0, 0.05) is 19.6 Å². The highest BCUT2D eigenvalue weighted by molar-refractivity contribution is 5.79. The Morgan fingerprint density at radius 1 is 1.50 bits per heavy atom. The second-order valence-electron chi connectivity index (χ2n) is 4.50. The lowest BCUT2D eigenvalue weighted by Crippen LogP contribution is -2.45. The van der Waals surface area contributed by atoms with Crippen molar-refractivity contribution in [1.82, 2.24) is 15.6 Å². The van der Waals surface area contributed by atoms with E-state index in [1.165, 1.54) is 0 Å². The van der Waals surface area contributed by atoms with Crippen molar-refractivity contribution in [3.05, 3.63) is 0 Å². The second kappa shape index (κ2) is 9.13. The summed E-state index contributed by atoms with van der Waals surface area (Å²) in [5, 5.41) is 3.18. The highest BCUT2D eigenvalue weighted by Gasteiger charge is 2.18. The van der Waals surface area contributed by atoms with Crippen molar-refractivity contribution >= 4 is 5.96 Å². The Bertz CT molecular complexity index is 247. The van der Waals surface area contributed by atoms with E-state index < -0.39 is 0 Å². The predicted octanol–water partition coefficient (Wildman–Crippen LogP) is -0.0839. The van der Waals surface area contributed by atoms with Gasteiger partial charge in [0.05, 0.1) is 19.3 Å². The Hall–Kier alpha value is -0.850. The lowest BCUT2D eigenvalue weighted by Gasteiger charge is -2.31. The van der Waals surface area contributed by atoms with Gasteiger partial charge in [-0.25, -0.2) is 10.8 Å². The van der Waals surface area contributed by atoms with E-state index in [1.807, 2.05) is 0 Å². The molecule has 106 valence electrons. The smallest absolute Gasteiger partial charge is 0.205 e. The first-order valence-electron chi connectivity index (χ1n) is 6.89. The molecule has 1 aliphatic rings. The number of ether oxygens (including phenoxy) is 1. The summed E-state index contributed by atoms with van der Waals surface area (Å²) in [5.41, 5.74) is 2.60. The van der Waals surface area contributed by atoms with Gasteiger partial charge in [0.2, 0.25) is 5.96 Å². The third-order valence-corrected chi connectivity index (χ3v) is 3.08. The van der Waals surface area contributed by atoms with Crippen molar-refractivity contribution in [2.75, 3.05) is 39.3 Å². The van der Waals surface area contributed by atoms with Gasteiger partial charge in [0.25, 0.3) is 0 Å². The summed E-state index contributed by atoms with van der Waals surface area (Å²) in [5.74, 6) is 6.08. The second-order valence-corrected chi connectivity index (χ2v) is 4.50. The molecule has 1 saturated heterocycles. The summed E-state index contributed by atoms with van der Waals surface area (Å²) in [7, 11) is 0. The average molecular weight is 257 g/mol. The molecular formula is C12H27N5O. The summed E-state index contributed by atoms with van der Waals surface area (Å²) >= 11 is 0. The van der Waals surface area contributed by atoms with Gasteiger partial charge in [-0.05, 0) is 13.0 Å². The van der Waals surface area contributed by atoms with Crippen molar-refractivity contribution in [1.29, 1.82) is 0 Å². The monoisotopic (exact) mass is 257 g/mol. The predicted molar refractivity (Wildman–Crippen MR) is 74.4 cm³/mol. The van der Waals surface area contributed by atoms with Crippen LogP contribution in [0.1, 0.15) is 26.7 Å². The first-order valence-corrected chi connectivity index (χ1v) is 6.89. The molecule has 0 bridgehead atoms. The number of hydrogen-bond acceptors (Lipinski definition) is 4. The lowest BCUT2D eigenvalue weighted by molar-refractivity contribution is -0.0210. The maximum atomic E-state index is 5.69. The number of nitrogens with two attached hydrogens (primary N) is 1. The van der Waals surface area contributed by atoms with Gasteiger partial charge < -0.3 is 10.1 Å². The van der Waals surface area contributed by atoms with Crippen molar-refractivity contribution < 1.29 is 4.74 Å². The van der Waals surface area contributed by atoms with Crippen molar-refractivity contribution in [3.8, 4) is 0 Å². The molecule has 1 atom stereocenters. The van der Waals surface area contributed by atoms with Crippen LogP contribution in [0.15, 0.2) is 4.99 Å². The summed E-state index contributed by atoms with van der Waals surface area (Å²) in [6, 6.07) is 0. The van der Waals surface area contributed by atoms with E-state index in [9.17, 15) is 0 Å². The zero-order valence-electron chi connectivity index (χ0n) is 11.6. The van der Waals surface area contributed by atoms with E-state index in [2.05, 4.69) is 34.5 Å². The molecule has 18 heavy (non-hydrogen) atoms. The third-order valence-electron chi connectivity index (χ3n) is 3.08. The number of unbranched alkanes of at least 4 members (excludes halogenated alkanes) is 1. The molecule has 0 amide bonds. The van der Waals surface area contributed by atoms with Crippen molar-refractivity contribution in [3.63, 3.8) is 0 Å². The number of aliphatic imine (C=N–C) groups is 1. The molecule has 0 aliphatic carbocycles. The van der Waals surface area contributed by atoms with E-state index in [1.54, 1.807) is 0 Å². The summed E-state index contributed by atoms with van der Waals surface area (Å²) in [6.45, 7) is 9.71. The fourth-order valence-electron chi connectivity index (χ4n) is 1.91.